The molecule has 0 atom stereocenters. The van der Waals surface area contributed by atoms with Crippen LogP contribution in [0.1, 0.15) is 61.1 Å². The second-order valence-corrected chi connectivity index (χ2v) is 8.93. The molecule has 2 aromatic carbocycles. The van der Waals surface area contributed by atoms with E-state index >= 15 is 0 Å². The molecule has 3 nitrogen and oxygen atoms in total. The molecule has 0 unspecified atom stereocenters. The van der Waals surface area contributed by atoms with Crippen LogP contribution in [-0.2, 0) is 22.5 Å². The van der Waals surface area contributed by atoms with Crippen molar-refractivity contribution in [3.05, 3.63) is 70.2 Å². The molecular formula is C25H30ClNO2. The quantitative estimate of drug-likeness (QED) is 0.567. The van der Waals surface area contributed by atoms with Crippen molar-refractivity contribution in [1.29, 1.82) is 0 Å². The van der Waals surface area contributed by atoms with Gasteiger partial charge in [-0.3, -0.25) is 9.69 Å². The van der Waals surface area contributed by atoms with Crippen LogP contribution in [0.25, 0.3) is 0 Å². The summed E-state index contributed by atoms with van der Waals surface area (Å²) in [5.41, 5.74) is 3.80. The molecule has 0 radical (unpaired) electrons. The predicted octanol–water partition coefficient (Wildman–Crippen LogP) is 5.75. The topological polar surface area (TPSA) is 29.5 Å². The Morgan fingerprint density at radius 2 is 1.52 bits per heavy atom. The Hall–Kier alpha value is -1.84. The first-order valence-electron chi connectivity index (χ1n) is 10.9. The number of benzene rings is 2. The van der Waals surface area contributed by atoms with E-state index in [1.54, 1.807) is 0 Å². The molecule has 29 heavy (non-hydrogen) atoms. The highest BCUT2D eigenvalue weighted by atomic mass is 35.5. The summed E-state index contributed by atoms with van der Waals surface area (Å²) in [5.74, 6) is 0.448. The number of rotatable bonds is 6. The minimum atomic E-state index is -0.137. The molecule has 0 amide bonds. The number of hydrogen-bond donors (Lipinski definition) is 0. The van der Waals surface area contributed by atoms with Gasteiger partial charge in [0.15, 0.2) is 0 Å². The predicted molar refractivity (Wildman–Crippen MR) is 117 cm³/mol. The molecule has 4 heteroatoms. The average molecular weight is 412 g/mol. The summed E-state index contributed by atoms with van der Waals surface area (Å²) >= 11 is 5.90. The second-order valence-electron chi connectivity index (χ2n) is 8.49. The maximum Gasteiger partial charge on any atom is 0.310 e. The van der Waals surface area contributed by atoms with E-state index in [9.17, 15) is 4.79 Å². The van der Waals surface area contributed by atoms with E-state index in [1.165, 1.54) is 37.1 Å². The number of carbonyl (C=O) groups is 1. The number of ether oxygens (including phenoxy) is 1. The van der Waals surface area contributed by atoms with E-state index in [2.05, 4.69) is 29.2 Å². The van der Waals surface area contributed by atoms with Gasteiger partial charge < -0.3 is 4.74 Å². The lowest BCUT2D eigenvalue weighted by atomic mass is 9.82. The summed E-state index contributed by atoms with van der Waals surface area (Å²) in [4.78, 5) is 14.8. The molecule has 1 aliphatic heterocycles. The van der Waals surface area contributed by atoms with Gasteiger partial charge in [-0.05, 0) is 86.4 Å². The Kier molecular flexibility index (Phi) is 6.89. The molecule has 1 saturated carbocycles. The minimum Gasteiger partial charge on any atom is -0.462 e. The Morgan fingerprint density at radius 1 is 0.897 bits per heavy atom. The van der Waals surface area contributed by atoms with E-state index in [-0.39, 0.29) is 12.1 Å². The molecule has 0 aromatic heterocycles. The Balaban J connectivity index is 1.22. The lowest BCUT2D eigenvalue weighted by molar-refractivity contribution is -0.149. The first-order chi connectivity index (χ1) is 14.2. The van der Waals surface area contributed by atoms with E-state index < -0.39 is 0 Å². The largest absolute Gasteiger partial charge is 0.462 e. The zero-order valence-corrected chi connectivity index (χ0v) is 17.7. The summed E-state index contributed by atoms with van der Waals surface area (Å²) in [6.07, 6.45) is 7.13. The number of hydrogen-bond acceptors (Lipinski definition) is 3. The maximum atomic E-state index is 12.2. The molecule has 4 rings (SSSR count). The van der Waals surface area contributed by atoms with E-state index in [0.717, 1.165) is 37.8 Å². The standard InChI is InChI=1S/C25H30ClNO2/c26-23-11-5-19(6-12-23)17-25(28)29-24-13-9-22(10-14-24)21-7-3-20(4-8-21)18-27-15-1-2-16-27/h3-8,11-12,22,24H,1-2,9-10,13-18H2. The smallest absolute Gasteiger partial charge is 0.310 e. The number of likely N-dealkylation sites (tertiary alicyclic amines) is 1. The Labute approximate surface area is 179 Å². The van der Waals surface area contributed by atoms with Crippen LogP contribution < -0.4 is 0 Å². The fraction of sp³-hybridized carbons (Fsp3) is 0.480. The van der Waals surface area contributed by atoms with Crippen molar-refractivity contribution in [2.75, 3.05) is 13.1 Å². The van der Waals surface area contributed by atoms with Crippen LogP contribution >= 0.6 is 11.6 Å². The average Bonchev–Trinajstić information content (AvgIpc) is 3.24. The molecule has 154 valence electrons. The highest BCUT2D eigenvalue weighted by Crippen LogP contribution is 2.34. The van der Waals surface area contributed by atoms with Crippen LogP contribution in [0, 0.1) is 0 Å². The van der Waals surface area contributed by atoms with Crippen LogP contribution in [0.2, 0.25) is 5.02 Å². The fourth-order valence-electron chi connectivity index (χ4n) is 4.60. The van der Waals surface area contributed by atoms with Crippen molar-refractivity contribution in [1.82, 2.24) is 4.90 Å². The van der Waals surface area contributed by atoms with E-state index in [1.807, 2.05) is 24.3 Å². The van der Waals surface area contributed by atoms with Gasteiger partial charge in [-0.25, -0.2) is 0 Å². The van der Waals surface area contributed by atoms with Gasteiger partial charge in [-0.2, -0.15) is 0 Å². The van der Waals surface area contributed by atoms with Gasteiger partial charge in [-0.15, -0.1) is 0 Å². The van der Waals surface area contributed by atoms with Gasteiger partial charge in [0.2, 0.25) is 0 Å². The van der Waals surface area contributed by atoms with Crippen LogP contribution in [0.5, 0.6) is 0 Å². The third-order valence-electron chi connectivity index (χ3n) is 6.29. The van der Waals surface area contributed by atoms with Crippen molar-refractivity contribution in [3.63, 3.8) is 0 Å². The molecule has 0 bridgehead atoms. The SMILES string of the molecule is O=C(Cc1ccc(Cl)cc1)OC1CCC(c2ccc(CN3CCCC3)cc2)CC1. The van der Waals surface area contributed by atoms with Gasteiger partial charge in [0.1, 0.15) is 6.10 Å². The highest BCUT2D eigenvalue weighted by Gasteiger charge is 2.25. The number of esters is 1. The normalized spacial score (nSPS) is 22.5. The summed E-state index contributed by atoms with van der Waals surface area (Å²) in [7, 11) is 0. The van der Waals surface area contributed by atoms with Crippen LogP contribution in [0.4, 0.5) is 0 Å². The van der Waals surface area contributed by atoms with Crippen LogP contribution in [0.3, 0.4) is 0 Å². The molecule has 1 heterocycles. The van der Waals surface area contributed by atoms with Crippen molar-refractivity contribution < 1.29 is 9.53 Å². The first-order valence-corrected chi connectivity index (χ1v) is 11.3. The minimum absolute atomic E-state index is 0.0560. The third-order valence-corrected chi connectivity index (χ3v) is 6.54. The van der Waals surface area contributed by atoms with Gasteiger partial charge in [0.25, 0.3) is 0 Å². The van der Waals surface area contributed by atoms with E-state index in [0.29, 0.717) is 17.4 Å². The Bertz CT molecular complexity index is 789. The summed E-state index contributed by atoms with van der Waals surface area (Å²) in [6, 6.07) is 16.6. The number of carbonyl (C=O) groups excluding carboxylic acids is 1. The van der Waals surface area contributed by atoms with Crippen molar-refractivity contribution in [2.24, 2.45) is 0 Å². The fourth-order valence-corrected chi connectivity index (χ4v) is 4.73. The molecule has 0 N–H and O–H groups in total. The van der Waals surface area contributed by atoms with Crippen molar-refractivity contribution in [2.45, 2.75) is 63.5 Å². The lowest BCUT2D eigenvalue weighted by Crippen LogP contribution is -2.24. The monoisotopic (exact) mass is 411 g/mol. The van der Waals surface area contributed by atoms with Gasteiger partial charge in [0, 0.05) is 11.6 Å². The van der Waals surface area contributed by atoms with Gasteiger partial charge >= 0.3 is 5.97 Å². The number of nitrogens with zero attached hydrogens (tertiary/aromatic N) is 1. The summed E-state index contributed by atoms with van der Waals surface area (Å²) < 4.78 is 5.73. The van der Waals surface area contributed by atoms with Crippen molar-refractivity contribution >= 4 is 17.6 Å². The molecule has 1 aliphatic carbocycles. The van der Waals surface area contributed by atoms with Crippen LogP contribution in [-0.4, -0.2) is 30.1 Å². The van der Waals surface area contributed by atoms with Gasteiger partial charge in [-0.1, -0.05) is 48.0 Å². The summed E-state index contributed by atoms with van der Waals surface area (Å²) in [5, 5.41) is 0.685. The zero-order chi connectivity index (χ0) is 20.1. The lowest BCUT2D eigenvalue weighted by Gasteiger charge is -2.29. The molecule has 0 spiro atoms. The van der Waals surface area contributed by atoms with Crippen LogP contribution in [0.15, 0.2) is 48.5 Å². The van der Waals surface area contributed by atoms with Crippen molar-refractivity contribution in [3.8, 4) is 0 Å². The summed E-state index contributed by atoms with van der Waals surface area (Å²) in [6.45, 7) is 3.56. The Morgan fingerprint density at radius 3 is 2.17 bits per heavy atom. The molecule has 1 saturated heterocycles. The first kappa shape index (κ1) is 20.4. The molecule has 2 aliphatic rings. The van der Waals surface area contributed by atoms with Gasteiger partial charge in [0.05, 0.1) is 6.42 Å². The number of halogens is 1. The highest BCUT2D eigenvalue weighted by molar-refractivity contribution is 6.30. The second kappa shape index (κ2) is 9.77. The molecule has 2 aromatic rings. The zero-order valence-electron chi connectivity index (χ0n) is 17.0. The van der Waals surface area contributed by atoms with E-state index in [4.69, 9.17) is 16.3 Å². The molecular weight excluding hydrogens is 382 g/mol. The molecule has 2 fully saturated rings. The maximum absolute atomic E-state index is 12.2. The third kappa shape index (κ3) is 5.83.